The molecule has 3 fully saturated rings. The van der Waals surface area contributed by atoms with Crippen LogP contribution in [0.4, 0.5) is 10.1 Å². The fraction of sp³-hybridized carbons (Fsp3) is 0.440. The lowest BCUT2D eigenvalue weighted by Crippen LogP contribution is -2.52. The summed E-state index contributed by atoms with van der Waals surface area (Å²) < 4.78 is 15.4. The van der Waals surface area contributed by atoms with Crippen LogP contribution in [0.5, 0.6) is 0 Å². The van der Waals surface area contributed by atoms with Gasteiger partial charge in [-0.3, -0.25) is 14.5 Å². The molecule has 2 aliphatic heterocycles. The third-order valence-electron chi connectivity index (χ3n) is 7.59. The third kappa shape index (κ3) is 2.84. The normalized spacial score (nSPS) is 30.9. The lowest BCUT2D eigenvalue weighted by molar-refractivity contribution is -0.128. The SMILES string of the molecule is C.O=C1CC[C@H]2[C@@H]1[C@H](c1cccc(Cl)c1F)[C@]1(C(=O)Nc3cc(Cl)ccc31)N2CC1CC1. The van der Waals surface area contributed by atoms with E-state index in [2.05, 4.69) is 10.2 Å². The van der Waals surface area contributed by atoms with Gasteiger partial charge in [0.25, 0.3) is 0 Å². The van der Waals surface area contributed by atoms with Crippen LogP contribution in [-0.2, 0) is 15.1 Å². The molecule has 1 spiro atoms. The largest absolute Gasteiger partial charge is 0.324 e. The number of ketones is 1. The molecule has 0 radical (unpaired) electrons. The summed E-state index contributed by atoms with van der Waals surface area (Å²) in [5, 5.41) is 3.52. The van der Waals surface area contributed by atoms with Crippen molar-refractivity contribution >= 4 is 40.6 Å². The first-order chi connectivity index (χ1) is 14.9. The fourth-order valence-corrected chi connectivity index (χ4v) is 6.59. The molecule has 2 aromatic rings. The Balaban J connectivity index is 0.00000216. The summed E-state index contributed by atoms with van der Waals surface area (Å²) in [5.74, 6) is -1.25. The van der Waals surface area contributed by atoms with Crippen LogP contribution in [0.1, 0.15) is 50.2 Å². The molecule has 0 unspecified atom stereocenters. The lowest BCUT2D eigenvalue weighted by atomic mass is 9.71. The monoisotopic (exact) mass is 474 g/mol. The van der Waals surface area contributed by atoms with Crippen molar-refractivity contribution in [2.45, 2.75) is 50.6 Å². The predicted molar refractivity (Wildman–Crippen MR) is 124 cm³/mol. The number of fused-ring (bicyclic) bond motifs is 3. The number of carbonyl (C=O) groups excluding carboxylic acids is 2. The Bertz CT molecular complexity index is 1130. The van der Waals surface area contributed by atoms with Gasteiger partial charge in [0.15, 0.2) is 0 Å². The average molecular weight is 475 g/mol. The number of rotatable bonds is 3. The number of benzene rings is 2. The van der Waals surface area contributed by atoms with Crippen LogP contribution in [-0.4, -0.2) is 29.2 Å². The van der Waals surface area contributed by atoms with Crippen molar-refractivity contribution in [1.29, 1.82) is 0 Å². The summed E-state index contributed by atoms with van der Waals surface area (Å²) in [6, 6.07) is 10.1. The molecule has 2 aromatic carbocycles. The van der Waals surface area contributed by atoms with Crippen LogP contribution in [0.15, 0.2) is 36.4 Å². The number of halogens is 3. The standard InChI is InChI=1S/C24H21Cl2FN2O2.CH4/c25-13-6-7-15-17(10-13)28-23(31)24(15)21(14-2-1-3-16(26)22(14)27)20-18(8-9-19(20)30)29(24)11-12-4-5-12;/h1-3,6-7,10,12,18,20-21H,4-5,8-9,11H2,(H,28,31);1H4/t18-,20-,21-,24+;/m0./s1. The number of likely N-dealkylation sites (tertiary alicyclic amines) is 1. The summed E-state index contributed by atoms with van der Waals surface area (Å²) in [7, 11) is 0. The van der Waals surface area contributed by atoms with Gasteiger partial charge < -0.3 is 5.32 Å². The molecule has 2 aliphatic carbocycles. The molecule has 2 saturated carbocycles. The fourth-order valence-electron chi connectivity index (χ4n) is 6.23. The topological polar surface area (TPSA) is 49.4 Å². The van der Waals surface area contributed by atoms with Gasteiger partial charge in [0.1, 0.15) is 17.1 Å². The van der Waals surface area contributed by atoms with Crippen LogP contribution in [0.2, 0.25) is 10.0 Å². The molecule has 1 saturated heterocycles. The summed E-state index contributed by atoms with van der Waals surface area (Å²) in [6.45, 7) is 0.725. The molecule has 4 nitrogen and oxygen atoms in total. The Hall–Kier alpha value is -1.95. The quantitative estimate of drug-likeness (QED) is 0.613. The van der Waals surface area contributed by atoms with Gasteiger partial charge in [0, 0.05) is 47.1 Å². The van der Waals surface area contributed by atoms with Crippen LogP contribution in [0, 0.1) is 17.7 Å². The molecule has 0 bridgehead atoms. The summed E-state index contributed by atoms with van der Waals surface area (Å²) in [5.41, 5.74) is 0.598. The first-order valence-electron chi connectivity index (χ1n) is 10.8. The van der Waals surface area contributed by atoms with Gasteiger partial charge in [-0.05, 0) is 48.9 Å². The number of hydrogen-bond donors (Lipinski definition) is 1. The van der Waals surface area contributed by atoms with Crippen LogP contribution >= 0.6 is 23.2 Å². The van der Waals surface area contributed by atoms with Gasteiger partial charge >= 0.3 is 0 Å². The zero-order chi connectivity index (χ0) is 21.5. The van der Waals surface area contributed by atoms with Gasteiger partial charge in [-0.2, -0.15) is 0 Å². The maximum Gasteiger partial charge on any atom is 0.250 e. The van der Waals surface area contributed by atoms with Crippen molar-refractivity contribution in [3.05, 3.63) is 63.4 Å². The zero-order valence-corrected chi connectivity index (χ0v) is 18.2. The zero-order valence-electron chi connectivity index (χ0n) is 16.7. The first-order valence-corrected chi connectivity index (χ1v) is 11.5. The highest BCUT2D eigenvalue weighted by molar-refractivity contribution is 6.31. The van der Waals surface area contributed by atoms with Crippen LogP contribution in [0.25, 0.3) is 0 Å². The van der Waals surface area contributed by atoms with Gasteiger partial charge in [0.05, 0.1) is 5.02 Å². The second-order valence-corrected chi connectivity index (χ2v) is 10.1. The number of Topliss-reactive ketones (excluding diaryl/α,β-unsaturated/α-hetero) is 1. The van der Waals surface area contributed by atoms with Crippen molar-refractivity contribution in [2.24, 2.45) is 11.8 Å². The highest BCUT2D eigenvalue weighted by Gasteiger charge is 2.69. The summed E-state index contributed by atoms with van der Waals surface area (Å²) in [6.07, 6.45) is 3.37. The second kappa shape index (κ2) is 7.54. The van der Waals surface area contributed by atoms with E-state index in [9.17, 15) is 9.59 Å². The average Bonchev–Trinajstić information content (AvgIpc) is 3.33. The first kappa shape index (κ1) is 21.9. The molecule has 0 aromatic heterocycles. The van der Waals surface area contributed by atoms with Crippen molar-refractivity contribution in [3.63, 3.8) is 0 Å². The molecule has 6 rings (SSSR count). The molecule has 1 amide bonds. The minimum atomic E-state index is -1.15. The predicted octanol–water partition coefficient (Wildman–Crippen LogP) is 5.77. The molecule has 4 atom stereocenters. The molecule has 168 valence electrons. The maximum atomic E-state index is 15.4. The van der Waals surface area contributed by atoms with Crippen LogP contribution < -0.4 is 5.32 Å². The van der Waals surface area contributed by atoms with E-state index in [1.165, 1.54) is 6.07 Å². The molecule has 7 heteroatoms. The van der Waals surface area contributed by atoms with Crippen molar-refractivity contribution < 1.29 is 14.0 Å². The van der Waals surface area contributed by atoms with Crippen LogP contribution in [0.3, 0.4) is 0 Å². The van der Waals surface area contributed by atoms with Crippen molar-refractivity contribution in [3.8, 4) is 0 Å². The Morgan fingerprint density at radius 2 is 1.91 bits per heavy atom. The van der Waals surface area contributed by atoms with Crippen molar-refractivity contribution in [1.82, 2.24) is 4.90 Å². The minimum absolute atomic E-state index is 0. The molecule has 2 heterocycles. The molecule has 4 aliphatic rings. The van der Waals surface area contributed by atoms with E-state index >= 15 is 4.39 Å². The summed E-state index contributed by atoms with van der Waals surface area (Å²) >= 11 is 12.4. The Morgan fingerprint density at radius 1 is 1.12 bits per heavy atom. The van der Waals surface area contributed by atoms with E-state index in [0.717, 1.165) is 24.9 Å². The highest BCUT2D eigenvalue weighted by Crippen LogP contribution is 2.63. The van der Waals surface area contributed by atoms with Gasteiger partial charge in [-0.1, -0.05) is 48.8 Å². The van der Waals surface area contributed by atoms with Gasteiger partial charge in [-0.25, -0.2) is 4.39 Å². The van der Waals surface area contributed by atoms with E-state index in [0.29, 0.717) is 35.0 Å². The smallest absolute Gasteiger partial charge is 0.250 e. The number of nitrogens with one attached hydrogen (secondary N) is 1. The van der Waals surface area contributed by atoms with E-state index in [1.807, 2.05) is 6.07 Å². The molecule has 32 heavy (non-hydrogen) atoms. The van der Waals surface area contributed by atoms with E-state index in [-0.39, 0.29) is 30.2 Å². The third-order valence-corrected chi connectivity index (χ3v) is 8.12. The van der Waals surface area contributed by atoms with E-state index in [1.54, 1.807) is 24.3 Å². The second-order valence-electron chi connectivity index (χ2n) is 9.22. The molecular weight excluding hydrogens is 450 g/mol. The number of nitrogens with zero attached hydrogens (tertiary/aromatic N) is 1. The molecular formula is C25H25Cl2FN2O2. The Morgan fingerprint density at radius 3 is 2.66 bits per heavy atom. The number of amides is 1. The minimum Gasteiger partial charge on any atom is -0.324 e. The Kier molecular flexibility index (Phi) is 5.16. The number of hydrogen-bond acceptors (Lipinski definition) is 3. The number of anilines is 1. The maximum absolute atomic E-state index is 15.4. The van der Waals surface area contributed by atoms with Crippen molar-refractivity contribution in [2.75, 3.05) is 11.9 Å². The summed E-state index contributed by atoms with van der Waals surface area (Å²) in [4.78, 5) is 29.2. The lowest BCUT2D eigenvalue weighted by Gasteiger charge is -2.40. The van der Waals surface area contributed by atoms with E-state index < -0.39 is 23.2 Å². The molecule has 1 N–H and O–H groups in total. The number of carbonyl (C=O) groups is 2. The highest BCUT2D eigenvalue weighted by atomic mass is 35.5. The van der Waals surface area contributed by atoms with Gasteiger partial charge in [0.2, 0.25) is 5.91 Å². The van der Waals surface area contributed by atoms with Gasteiger partial charge in [-0.15, -0.1) is 0 Å². The Labute approximate surface area is 197 Å². The van der Waals surface area contributed by atoms with E-state index in [4.69, 9.17) is 23.2 Å².